The molecule has 0 radical (unpaired) electrons. The summed E-state index contributed by atoms with van der Waals surface area (Å²) in [6.07, 6.45) is 1.02. The van der Waals surface area contributed by atoms with Gasteiger partial charge >= 0.3 is 0 Å². The number of benzene rings is 2. The maximum Gasteiger partial charge on any atom is 0.221 e. The van der Waals surface area contributed by atoms with Crippen molar-refractivity contribution in [2.75, 3.05) is 42.9 Å². The van der Waals surface area contributed by atoms with E-state index in [-0.39, 0.29) is 5.91 Å². The monoisotopic (exact) mass is 377 g/mol. The number of nitrogens with zero attached hydrogens (tertiary/aromatic N) is 3. The normalized spacial score (nSPS) is 15.1. The zero-order valence-electron chi connectivity index (χ0n) is 16.5. The molecule has 0 atom stereocenters. The third-order valence-electron chi connectivity index (χ3n) is 5.44. The number of rotatable bonds is 5. The van der Waals surface area contributed by atoms with Crippen LogP contribution in [0.5, 0.6) is 0 Å². The van der Waals surface area contributed by atoms with Crippen molar-refractivity contribution in [3.05, 3.63) is 53.6 Å². The van der Waals surface area contributed by atoms with Crippen LogP contribution >= 0.6 is 0 Å². The van der Waals surface area contributed by atoms with Gasteiger partial charge in [0.25, 0.3) is 0 Å². The zero-order valence-corrected chi connectivity index (χ0v) is 16.5. The lowest BCUT2D eigenvalue weighted by atomic mass is 10.1. The number of H-pyrrole nitrogens is 1. The lowest BCUT2D eigenvalue weighted by Crippen LogP contribution is -2.47. The summed E-state index contributed by atoms with van der Waals surface area (Å²) in [6, 6.07) is 14.6. The van der Waals surface area contributed by atoms with E-state index in [1.54, 1.807) is 6.92 Å². The molecular weight excluding hydrogens is 350 g/mol. The van der Waals surface area contributed by atoms with Gasteiger partial charge in [-0.25, -0.2) is 0 Å². The van der Waals surface area contributed by atoms with Crippen LogP contribution in [0.2, 0.25) is 0 Å². The molecule has 0 spiro atoms. The van der Waals surface area contributed by atoms with E-state index < -0.39 is 0 Å². The maximum absolute atomic E-state index is 11.2. The number of carbonyl (C=O) groups is 1. The second-order valence-corrected chi connectivity index (χ2v) is 7.50. The number of fused-ring (bicyclic) bond motifs is 1. The zero-order chi connectivity index (χ0) is 19.5. The molecule has 28 heavy (non-hydrogen) atoms. The van der Waals surface area contributed by atoms with Gasteiger partial charge in [0.1, 0.15) is 0 Å². The van der Waals surface area contributed by atoms with Crippen LogP contribution in [0.25, 0.3) is 10.9 Å². The van der Waals surface area contributed by atoms with Gasteiger partial charge in [0.15, 0.2) is 5.82 Å². The fourth-order valence-corrected chi connectivity index (χ4v) is 3.87. The summed E-state index contributed by atoms with van der Waals surface area (Å²) < 4.78 is 0. The van der Waals surface area contributed by atoms with Gasteiger partial charge in [-0.2, -0.15) is 5.10 Å². The van der Waals surface area contributed by atoms with Crippen molar-refractivity contribution in [3.8, 4) is 0 Å². The number of aryl methyl sites for hydroxylation is 1. The van der Waals surface area contributed by atoms with E-state index in [4.69, 9.17) is 0 Å². The number of nitrogens with one attached hydrogen (secondary N) is 2. The molecule has 3 aromatic rings. The van der Waals surface area contributed by atoms with Gasteiger partial charge in [-0.3, -0.25) is 14.8 Å². The Bertz CT molecular complexity index is 972. The van der Waals surface area contributed by atoms with Crippen LogP contribution in [0.3, 0.4) is 0 Å². The van der Waals surface area contributed by atoms with Crippen molar-refractivity contribution in [2.45, 2.75) is 20.3 Å². The number of hydrogen-bond donors (Lipinski definition) is 2. The van der Waals surface area contributed by atoms with E-state index in [0.29, 0.717) is 0 Å². The predicted molar refractivity (Wildman–Crippen MR) is 114 cm³/mol. The highest BCUT2D eigenvalue weighted by Gasteiger charge is 2.20. The molecule has 1 aliphatic rings. The third kappa shape index (κ3) is 4.02. The molecule has 2 N–H and O–H groups in total. The first-order chi connectivity index (χ1) is 13.6. The fraction of sp³-hybridized carbons (Fsp3) is 0.364. The number of hydrogen-bond acceptors (Lipinski definition) is 4. The number of anilines is 2. The first kappa shape index (κ1) is 18.5. The molecule has 146 valence electrons. The van der Waals surface area contributed by atoms with Gasteiger partial charge in [0.05, 0.1) is 5.52 Å². The number of piperazine rings is 1. The summed E-state index contributed by atoms with van der Waals surface area (Å²) in [5.74, 6) is 1.04. The Hall–Kier alpha value is -2.86. The lowest BCUT2D eigenvalue weighted by Gasteiger charge is -2.35. The standard InChI is InChI=1S/C22H27N5O/c1-16-15-18(7-8-20(16)23-17(2)28)9-10-26-11-13-27(14-12-26)22-19-5-3-4-6-21(19)24-25-22/h3-8,15H,9-14H2,1-2H3,(H,23,28)(H,24,25). The molecule has 1 fully saturated rings. The second kappa shape index (κ2) is 8.02. The second-order valence-electron chi connectivity index (χ2n) is 7.50. The molecule has 4 rings (SSSR count). The highest BCUT2D eigenvalue weighted by Crippen LogP contribution is 2.24. The van der Waals surface area contributed by atoms with E-state index in [9.17, 15) is 4.79 Å². The Balaban J connectivity index is 1.31. The van der Waals surface area contributed by atoms with Crippen LogP contribution in [0.4, 0.5) is 11.5 Å². The Morgan fingerprint density at radius 1 is 1.14 bits per heavy atom. The van der Waals surface area contributed by atoms with Crippen LogP contribution in [0.1, 0.15) is 18.1 Å². The number of para-hydroxylation sites is 1. The molecule has 6 heteroatoms. The topological polar surface area (TPSA) is 64.3 Å². The molecule has 1 saturated heterocycles. The minimum absolute atomic E-state index is 0.0292. The van der Waals surface area contributed by atoms with Crippen LogP contribution in [-0.4, -0.2) is 53.7 Å². The summed E-state index contributed by atoms with van der Waals surface area (Å²) in [6.45, 7) is 8.72. The molecular formula is C22H27N5O. The number of aromatic amines is 1. The van der Waals surface area contributed by atoms with E-state index >= 15 is 0 Å². The first-order valence-corrected chi connectivity index (χ1v) is 9.88. The van der Waals surface area contributed by atoms with Gasteiger partial charge in [0.2, 0.25) is 5.91 Å². The molecule has 0 unspecified atom stereocenters. The van der Waals surface area contributed by atoms with Crippen molar-refractivity contribution in [2.24, 2.45) is 0 Å². The number of carbonyl (C=O) groups excluding carboxylic acids is 1. The highest BCUT2D eigenvalue weighted by molar-refractivity contribution is 5.90. The summed E-state index contributed by atoms with van der Waals surface area (Å²) in [5, 5.41) is 11.7. The average molecular weight is 377 g/mol. The van der Waals surface area contributed by atoms with Gasteiger partial charge in [-0.05, 0) is 42.7 Å². The van der Waals surface area contributed by atoms with Gasteiger partial charge in [0, 0.05) is 50.7 Å². The third-order valence-corrected chi connectivity index (χ3v) is 5.44. The Morgan fingerprint density at radius 3 is 2.68 bits per heavy atom. The molecule has 0 aliphatic carbocycles. The van der Waals surface area contributed by atoms with E-state index in [0.717, 1.165) is 61.7 Å². The smallest absolute Gasteiger partial charge is 0.221 e. The predicted octanol–water partition coefficient (Wildman–Crippen LogP) is 3.19. The van der Waals surface area contributed by atoms with Gasteiger partial charge in [-0.1, -0.05) is 24.3 Å². The van der Waals surface area contributed by atoms with E-state index in [2.05, 4.69) is 55.6 Å². The van der Waals surface area contributed by atoms with Crippen LogP contribution in [0, 0.1) is 6.92 Å². The van der Waals surface area contributed by atoms with Crippen molar-refractivity contribution in [1.82, 2.24) is 15.1 Å². The molecule has 0 bridgehead atoms. The van der Waals surface area contributed by atoms with Crippen molar-refractivity contribution >= 4 is 28.3 Å². The van der Waals surface area contributed by atoms with Crippen molar-refractivity contribution < 1.29 is 4.79 Å². The molecule has 6 nitrogen and oxygen atoms in total. The number of aromatic nitrogens is 2. The quantitative estimate of drug-likeness (QED) is 0.717. The minimum atomic E-state index is -0.0292. The van der Waals surface area contributed by atoms with Crippen LogP contribution in [0.15, 0.2) is 42.5 Å². The molecule has 2 heterocycles. The van der Waals surface area contributed by atoms with Gasteiger partial charge in [-0.15, -0.1) is 0 Å². The maximum atomic E-state index is 11.2. The Morgan fingerprint density at radius 2 is 1.93 bits per heavy atom. The average Bonchev–Trinajstić information content (AvgIpc) is 3.12. The molecule has 1 aliphatic heterocycles. The number of amides is 1. The Kier molecular flexibility index (Phi) is 5.30. The summed E-state index contributed by atoms with van der Waals surface area (Å²) in [4.78, 5) is 16.1. The summed E-state index contributed by atoms with van der Waals surface area (Å²) in [7, 11) is 0. The van der Waals surface area contributed by atoms with E-state index in [1.165, 1.54) is 10.9 Å². The summed E-state index contributed by atoms with van der Waals surface area (Å²) in [5.41, 5.74) is 4.42. The molecule has 1 aromatic heterocycles. The first-order valence-electron chi connectivity index (χ1n) is 9.88. The van der Waals surface area contributed by atoms with Gasteiger partial charge < -0.3 is 10.2 Å². The fourth-order valence-electron chi connectivity index (χ4n) is 3.87. The van der Waals surface area contributed by atoms with E-state index in [1.807, 2.05) is 19.1 Å². The van der Waals surface area contributed by atoms with Crippen molar-refractivity contribution in [3.63, 3.8) is 0 Å². The minimum Gasteiger partial charge on any atom is -0.352 e. The Labute approximate surface area is 165 Å². The lowest BCUT2D eigenvalue weighted by molar-refractivity contribution is -0.114. The molecule has 1 amide bonds. The summed E-state index contributed by atoms with van der Waals surface area (Å²) >= 11 is 0. The molecule has 2 aromatic carbocycles. The largest absolute Gasteiger partial charge is 0.352 e. The molecule has 0 saturated carbocycles. The van der Waals surface area contributed by atoms with Crippen LogP contribution in [-0.2, 0) is 11.2 Å². The van der Waals surface area contributed by atoms with Crippen LogP contribution < -0.4 is 10.2 Å². The van der Waals surface area contributed by atoms with Crippen molar-refractivity contribution in [1.29, 1.82) is 0 Å². The highest BCUT2D eigenvalue weighted by atomic mass is 16.1. The SMILES string of the molecule is CC(=O)Nc1ccc(CCN2CCN(c3n[nH]c4ccccc34)CC2)cc1C.